The summed E-state index contributed by atoms with van der Waals surface area (Å²) in [4.78, 5) is 28.1. The number of rotatable bonds is 5. The van der Waals surface area contributed by atoms with Crippen molar-refractivity contribution in [1.29, 1.82) is 0 Å². The van der Waals surface area contributed by atoms with E-state index in [2.05, 4.69) is 25.4 Å². The molecular formula is C19H22FN7OS. The van der Waals surface area contributed by atoms with E-state index < -0.39 is 5.82 Å². The van der Waals surface area contributed by atoms with Crippen molar-refractivity contribution in [2.45, 2.75) is 26.3 Å². The standard InChI is InChI=1S/C19H22FN7OS/c1-12-7-24-26(2)17(12)16-15(20)10-23-19(25-16)27-5-3-13(4-6-27)18(28)22-9-14-8-21-11-29-14/h7-8,10-11,13H,3-6,9H2,1-2H3,(H,22,28). The lowest BCUT2D eigenvalue weighted by atomic mass is 9.96. The van der Waals surface area contributed by atoms with Crippen LogP contribution in [-0.2, 0) is 18.4 Å². The van der Waals surface area contributed by atoms with E-state index in [1.54, 1.807) is 29.6 Å². The Morgan fingerprint density at radius 3 is 2.76 bits per heavy atom. The van der Waals surface area contributed by atoms with Gasteiger partial charge in [-0.3, -0.25) is 14.5 Å². The summed E-state index contributed by atoms with van der Waals surface area (Å²) in [6.45, 7) is 3.68. The van der Waals surface area contributed by atoms with E-state index in [1.807, 2.05) is 11.8 Å². The number of aryl methyl sites for hydroxylation is 2. The van der Waals surface area contributed by atoms with Gasteiger partial charge in [0, 0.05) is 37.1 Å². The molecule has 0 unspecified atom stereocenters. The van der Waals surface area contributed by atoms with Crippen molar-refractivity contribution in [2.24, 2.45) is 13.0 Å². The second kappa shape index (κ2) is 8.24. The lowest BCUT2D eigenvalue weighted by molar-refractivity contribution is -0.125. The van der Waals surface area contributed by atoms with Gasteiger partial charge in [0.05, 0.1) is 30.1 Å². The maximum Gasteiger partial charge on any atom is 0.226 e. The highest BCUT2D eigenvalue weighted by atomic mass is 32.1. The van der Waals surface area contributed by atoms with Gasteiger partial charge in [-0.25, -0.2) is 14.4 Å². The molecule has 1 fully saturated rings. The SMILES string of the molecule is Cc1cnn(C)c1-c1nc(N2CCC(C(=O)NCc3cncs3)CC2)ncc1F. The maximum absolute atomic E-state index is 14.4. The third kappa shape index (κ3) is 4.12. The van der Waals surface area contributed by atoms with Crippen LogP contribution < -0.4 is 10.2 Å². The third-order valence-corrected chi connectivity index (χ3v) is 5.93. The van der Waals surface area contributed by atoms with Crippen LogP contribution in [0.2, 0.25) is 0 Å². The normalized spacial score (nSPS) is 14.9. The summed E-state index contributed by atoms with van der Waals surface area (Å²) in [5.41, 5.74) is 3.50. The Hall–Kier alpha value is -2.88. The van der Waals surface area contributed by atoms with Crippen LogP contribution in [0.25, 0.3) is 11.4 Å². The van der Waals surface area contributed by atoms with Gasteiger partial charge in [-0.15, -0.1) is 11.3 Å². The van der Waals surface area contributed by atoms with E-state index in [1.165, 1.54) is 17.5 Å². The number of piperidine rings is 1. The van der Waals surface area contributed by atoms with E-state index in [4.69, 9.17) is 0 Å². The van der Waals surface area contributed by atoms with Crippen molar-refractivity contribution in [3.63, 3.8) is 0 Å². The zero-order valence-electron chi connectivity index (χ0n) is 16.3. The smallest absolute Gasteiger partial charge is 0.226 e. The fraction of sp³-hybridized carbons (Fsp3) is 0.421. The van der Waals surface area contributed by atoms with Gasteiger partial charge in [-0.05, 0) is 25.3 Å². The second-order valence-electron chi connectivity index (χ2n) is 7.11. The molecule has 0 bridgehead atoms. The number of nitrogens with one attached hydrogen (secondary N) is 1. The number of carbonyl (C=O) groups is 1. The molecule has 8 nitrogen and oxygen atoms in total. The molecule has 3 aromatic heterocycles. The molecule has 152 valence electrons. The van der Waals surface area contributed by atoms with Crippen molar-refractivity contribution in [1.82, 2.24) is 30.0 Å². The minimum absolute atomic E-state index is 0.0431. The Bertz CT molecular complexity index is 977. The summed E-state index contributed by atoms with van der Waals surface area (Å²) in [5, 5.41) is 7.15. The molecule has 0 saturated carbocycles. The maximum atomic E-state index is 14.4. The molecule has 0 aromatic carbocycles. The Balaban J connectivity index is 1.41. The molecular weight excluding hydrogens is 393 g/mol. The Morgan fingerprint density at radius 2 is 2.10 bits per heavy atom. The highest BCUT2D eigenvalue weighted by molar-refractivity contribution is 7.09. The van der Waals surface area contributed by atoms with Crippen LogP contribution >= 0.6 is 11.3 Å². The van der Waals surface area contributed by atoms with E-state index in [0.717, 1.165) is 10.4 Å². The van der Waals surface area contributed by atoms with Gasteiger partial charge >= 0.3 is 0 Å². The number of carbonyl (C=O) groups excluding carboxylic acids is 1. The molecule has 0 aliphatic carbocycles. The lowest BCUT2D eigenvalue weighted by Gasteiger charge is -2.31. The van der Waals surface area contributed by atoms with Crippen molar-refractivity contribution in [3.05, 3.63) is 40.4 Å². The largest absolute Gasteiger partial charge is 0.351 e. The first-order valence-electron chi connectivity index (χ1n) is 9.44. The number of anilines is 1. The van der Waals surface area contributed by atoms with E-state index in [0.29, 0.717) is 44.1 Å². The molecule has 3 aromatic rings. The van der Waals surface area contributed by atoms with Gasteiger partial charge in [-0.2, -0.15) is 5.10 Å². The number of amides is 1. The predicted molar refractivity (Wildman–Crippen MR) is 108 cm³/mol. The van der Waals surface area contributed by atoms with Gasteiger partial charge in [0.2, 0.25) is 11.9 Å². The second-order valence-corrected chi connectivity index (χ2v) is 8.08. The minimum Gasteiger partial charge on any atom is -0.351 e. The number of aromatic nitrogens is 5. The summed E-state index contributed by atoms with van der Waals surface area (Å²) in [5.74, 6) is 0.0194. The first-order chi connectivity index (χ1) is 14.0. The number of nitrogens with zero attached hydrogens (tertiary/aromatic N) is 6. The highest BCUT2D eigenvalue weighted by Gasteiger charge is 2.27. The van der Waals surface area contributed by atoms with Crippen LogP contribution in [-0.4, -0.2) is 43.7 Å². The quantitative estimate of drug-likeness (QED) is 0.688. The molecule has 10 heteroatoms. The summed E-state index contributed by atoms with van der Waals surface area (Å²) in [6, 6.07) is 0. The molecule has 1 N–H and O–H groups in total. The minimum atomic E-state index is -0.474. The zero-order valence-corrected chi connectivity index (χ0v) is 17.1. The first-order valence-corrected chi connectivity index (χ1v) is 10.3. The van der Waals surface area contributed by atoms with Crippen LogP contribution in [0.5, 0.6) is 0 Å². The molecule has 1 aliphatic heterocycles. The van der Waals surface area contributed by atoms with Crippen LogP contribution in [0.3, 0.4) is 0 Å². The first kappa shape index (κ1) is 19.4. The van der Waals surface area contributed by atoms with Crippen LogP contribution in [0.4, 0.5) is 10.3 Å². The van der Waals surface area contributed by atoms with Gasteiger partial charge < -0.3 is 10.2 Å². The molecule has 1 amide bonds. The summed E-state index contributed by atoms with van der Waals surface area (Å²) < 4.78 is 16.0. The van der Waals surface area contributed by atoms with Crippen molar-refractivity contribution < 1.29 is 9.18 Å². The van der Waals surface area contributed by atoms with Crippen molar-refractivity contribution in [3.8, 4) is 11.4 Å². The molecule has 1 saturated heterocycles. The third-order valence-electron chi connectivity index (χ3n) is 5.15. The van der Waals surface area contributed by atoms with Crippen LogP contribution in [0.1, 0.15) is 23.3 Å². The Kier molecular flexibility index (Phi) is 5.52. The molecule has 4 rings (SSSR count). The highest BCUT2D eigenvalue weighted by Crippen LogP contribution is 2.27. The van der Waals surface area contributed by atoms with Gasteiger partial charge in [0.15, 0.2) is 5.82 Å². The average Bonchev–Trinajstić information content (AvgIpc) is 3.37. The lowest BCUT2D eigenvalue weighted by Crippen LogP contribution is -2.41. The fourth-order valence-corrected chi connectivity index (χ4v) is 4.09. The van der Waals surface area contributed by atoms with Crippen molar-refractivity contribution >= 4 is 23.2 Å². The number of hydrogen-bond donors (Lipinski definition) is 1. The predicted octanol–water partition coefficient (Wildman–Crippen LogP) is 2.31. The Labute approximate surface area is 171 Å². The topological polar surface area (TPSA) is 88.8 Å². The van der Waals surface area contributed by atoms with E-state index >= 15 is 0 Å². The summed E-state index contributed by atoms with van der Waals surface area (Å²) in [6.07, 6.45) is 6.07. The van der Waals surface area contributed by atoms with Crippen LogP contribution in [0, 0.1) is 18.7 Å². The van der Waals surface area contributed by atoms with Gasteiger partial charge in [0.1, 0.15) is 5.69 Å². The summed E-state index contributed by atoms with van der Waals surface area (Å²) >= 11 is 1.53. The molecule has 0 spiro atoms. The van der Waals surface area contributed by atoms with E-state index in [-0.39, 0.29) is 17.5 Å². The molecule has 0 radical (unpaired) electrons. The van der Waals surface area contributed by atoms with Gasteiger partial charge in [0.25, 0.3) is 0 Å². The molecule has 1 aliphatic rings. The average molecular weight is 415 g/mol. The summed E-state index contributed by atoms with van der Waals surface area (Å²) in [7, 11) is 1.76. The number of halogens is 1. The van der Waals surface area contributed by atoms with Crippen molar-refractivity contribution in [2.75, 3.05) is 18.0 Å². The molecule has 0 atom stereocenters. The van der Waals surface area contributed by atoms with Crippen LogP contribution in [0.15, 0.2) is 24.1 Å². The van der Waals surface area contributed by atoms with E-state index in [9.17, 15) is 9.18 Å². The number of thiazole rings is 1. The monoisotopic (exact) mass is 415 g/mol. The van der Waals surface area contributed by atoms with Gasteiger partial charge in [-0.1, -0.05) is 0 Å². The number of hydrogen-bond acceptors (Lipinski definition) is 7. The Morgan fingerprint density at radius 1 is 1.31 bits per heavy atom. The molecule has 4 heterocycles. The zero-order chi connectivity index (χ0) is 20.4. The molecule has 29 heavy (non-hydrogen) atoms. The fourth-order valence-electron chi connectivity index (χ4n) is 3.55.